The highest BCUT2D eigenvalue weighted by Gasteiger charge is 2.13. The van der Waals surface area contributed by atoms with Crippen LogP contribution in [0.2, 0.25) is 0 Å². The first-order valence-corrected chi connectivity index (χ1v) is 5.06. The van der Waals surface area contributed by atoms with Gasteiger partial charge in [0.05, 0.1) is 4.90 Å². The van der Waals surface area contributed by atoms with Gasteiger partial charge in [-0.3, -0.25) is 0 Å². The molecule has 76 valence electrons. The van der Waals surface area contributed by atoms with Gasteiger partial charge in [-0.15, -0.1) is 4.83 Å². The van der Waals surface area contributed by atoms with Crippen molar-refractivity contribution >= 4 is 16.1 Å². The van der Waals surface area contributed by atoms with E-state index in [1.165, 1.54) is 24.3 Å². The lowest BCUT2D eigenvalue weighted by Crippen LogP contribution is -2.40. The maximum atomic E-state index is 11.3. The number of sulfonamides is 1. The minimum Gasteiger partial charge on any atom is -0.464 e. The second kappa shape index (κ2) is 4.07. The number of amides is 1. The summed E-state index contributed by atoms with van der Waals surface area (Å²) >= 11 is 0. The van der Waals surface area contributed by atoms with Crippen molar-refractivity contribution < 1.29 is 18.3 Å². The van der Waals surface area contributed by atoms with Gasteiger partial charge in [0.25, 0.3) is 10.0 Å². The van der Waals surface area contributed by atoms with Gasteiger partial charge in [0, 0.05) is 0 Å². The molecular formula is C7H8N2O4S. The Morgan fingerprint density at radius 1 is 1.21 bits per heavy atom. The lowest BCUT2D eigenvalue weighted by molar-refractivity contribution is 0.192. The van der Waals surface area contributed by atoms with Crippen molar-refractivity contribution in [2.75, 3.05) is 0 Å². The molecule has 0 saturated carbocycles. The Hall–Kier alpha value is -1.60. The molecule has 6 nitrogen and oxygen atoms in total. The van der Waals surface area contributed by atoms with Crippen LogP contribution < -0.4 is 10.3 Å². The van der Waals surface area contributed by atoms with Crippen LogP contribution in [0.25, 0.3) is 0 Å². The zero-order chi connectivity index (χ0) is 10.6. The van der Waals surface area contributed by atoms with E-state index in [4.69, 9.17) is 5.11 Å². The zero-order valence-corrected chi connectivity index (χ0v) is 7.78. The summed E-state index contributed by atoms with van der Waals surface area (Å²) in [4.78, 5) is 11.7. The molecule has 0 saturated heterocycles. The largest absolute Gasteiger partial charge is 0.464 e. The minimum atomic E-state index is -3.80. The van der Waals surface area contributed by atoms with Crippen LogP contribution in [-0.4, -0.2) is 19.6 Å². The van der Waals surface area contributed by atoms with Gasteiger partial charge in [-0.25, -0.2) is 18.6 Å². The average molecular weight is 216 g/mol. The molecule has 0 unspecified atom stereocenters. The van der Waals surface area contributed by atoms with Crippen molar-refractivity contribution in [2.45, 2.75) is 4.90 Å². The Kier molecular flexibility index (Phi) is 3.05. The third-order valence-electron chi connectivity index (χ3n) is 1.35. The van der Waals surface area contributed by atoms with Gasteiger partial charge < -0.3 is 5.11 Å². The van der Waals surface area contributed by atoms with Gasteiger partial charge in [0.2, 0.25) is 0 Å². The number of hydrogen-bond donors (Lipinski definition) is 3. The van der Waals surface area contributed by atoms with E-state index in [2.05, 4.69) is 0 Å². The first kappa shape index (κ1) is 10.5. The second-order valence-electron chi connectivity index (χ2n) is 2.35. The van der Waals surface area contributed by atoms with Crippen molar-refractivity contribution in [2.24, 2.45) is 0 Å². The molecule has 14 heavy (non-hydrogen) atoms. The van der Waals surface area contributed by atoms with Gasteiger partial charge in [0.15, 0.2) is 0 Å². The van der Waals surface area contributed by atoms with E-state index >= 15 is 0 Å². The molecule has 0 atom stereocenters. The molecule has 0 heterocycles. The number of carbonyl (C=O) groups is 1. The second-order valence-corrected chi connectivity index (χ2v) is 4.03. The molecular weight excluding hydrogens is 208 g/mol. The maximum absolute atomic E-state index is 11.3. The van der Waals surface area contributed by atoms with Crippen LogP contribution in [0, 0.1) is 0 Å². The summed E-state index contributed by atoms with van der Waals surface area (Å²) in [7, 11) is -3.80. The average Bonchev–Trinajstić information content (AvgIpc) is 2.16. The third-order valence-corrected chi connectivity index (χ3v) is 2.61. The molecule has 1 amide bonds. The molecule has 1 aromatic carbocycles. The summed E-state index contributed by atoms with van der Waals surface area (Å²) in [6.45, 7) is 0. The molecule has 0 aromatic heterocycles. The molecule has 0 aliphatic carbocycles. The number of carboxylic acid groups (broad SMARTS) is 1. The van der Waals surface area contributed by atoms with E-state index in [0.29, 0.717) is 0 Å². The molecule has 0 aliphatic heterocycles. The molecule has 0 fully saturated rings. The highest BCUT2D eigenvalue weighted by molar-refractivity contribution is 7.89. The minimum absolute atomic E-state index is 0.00579. The highest BCUT2D eigenvalue weighted by atomic mass is 32.2. The fraction of sp³-hybridized carbons (Fsp3) is 0. The number of hydrogen-bond acceptors (Lipinski definition) is 3. The van der Waals surface area contributed by atoms with E-state index in [0.717, 1.165) is 0 Å². The van der Waals surface area contributed by atoms with Gasteiger partial charge >= 0.3 is 6.09 Å². The predicted octanol–water partition coefficient (Wildman–Crippen LogP) is 0.147. The van der Waals surface area contributed by atoms with Gasteiger partial charge in [-0.2, -0.15) is 0 Å². The summed E-state index contributed by atoms with van der Waals surface area (Å²) in [5.74, 6) is 0. The zero-order valence-electron chi connectivity index (χ0n) is 6.97. The normalized spacial score (nSPS) is 10.9. The standard InChI is InChI=1S/C7H8N2O4S/c10-7(11)8-9-14(12,13)6-4-2-1-3-5-6/h1-5,8-9H,(H,10,11). The van der Waals surface area contributed by atoms with Gasteiger partial charge in [-0.1, -0.05) is 18.2 Å². The lowest BCUT2D eigenvalue weighted by atomic mass is 10.4. The van der Waals surface area contributed by atoms with Crippen LogP contribution >= 0.6 is 0 Å². The van der Waals surface area contributed by atoms with E-state index in [1.54, 1.807) is 16.3 Å². The molecule has 0 spiro atoms. The lowest BCUT2D eigenvalue weighted by Gasteiger charge is -2.04. The Bertz CT molecular complexity index is 415. The summed E-state index contributed by atoms with van der Waals surface area (Å²) < 4.78 is 22.6. The fourth-order valence-corrected chi connectivity index (χ4v) is 1.62. The smallest absolute Gasteiger partial charge is 0.420 e. The van der Waals surface area contributed by atoms with Crippen LogP contribution in [-0.2, 0) is 10.0 Å². The Morgan fingerprint density at radius 3 is 2.29 bits per heavy atom. The summed E-state index contributed by atoms with van der Waals surface area (Å²) in [5, 5.41) is 8.19. The summed E-state index contributed by atoms with van der Waals surface area (Å²) in [6, 6.07) is 7.44. The van der Waals surface area contributed by atoms with Crippen molar-refractivity contribution in [1.82, 2.24) is 10.3 Å². The molecule has 3 N–H and O–H groups in total. The van der Waals surface area contributed by atoms with Crippen LogP contribution in [0.4, 0.5) is 4.79 Å². The molecule has 1 rings (SSSR count). The Morgan fingerprint density at radius 2 is 1.79 bits per heavy atom. The SMILES string of the molecule is O=C(O)NNS(=O)(=O)c1ccccc1. The van der Waals surface area contributed by atoms with Gasteiger partial charge in [-0.05, 0) is 12.1 Å². The highest BCUT2D eigenvalue weighted by Crippen LogP contribution is 2.05. The van der Waals surface area contributed by atoms with Crippen molar-refractivity contribution in [3.05, 3.63) is 30.3 Å². The topological polar surface area (TPSA) is 95.5 Å². The van der Waals surface area contributed by atoms with Crippen LogP contribution in [0.5, 0.6) is 0 Å². The van der Waals surface area contributed by atoms with Gasteiger partial charge in [0.1, 0.15) is 0 Å². The van der Waals surface area contributed by atoms with E-state index in [1.807, 2.05) is 0 Å². The quantitative estimate of drug-likeness (QED) is 0.626. The Balaban J connectivity index is 2.82. The van der Waals surface area contributed by atoms with E-state index in [9.17, 15) is 13.2 Å². The first-order valence-electron chi connectivity index (χ1n) is 3.58. The van der Waals surface area contributed by atoms with Crippen molar-refractivity contribution in [3.63, 3.8) is 0 Å². The molecule has 1 aromatic rings. The number of benzene rings is 1. The summed E-state index contributed by atoms with van der Waals surface area (Å²) in [6.07, 6.45) is -1.47. The van der Waals surface area contributed by atoms with Crippen LogP contribution in [0.1, 0.15) is 0 Å². The molecule has 0 bridgehead atoms. The molecule has 0 aliphatic rings. The van der Waals surface area contributed by atoms with E-state index < -0.39 is 16.1 Å². The Labute approximate surface area is 80.6 Å². The first-order chi connectivity index (χ1) is 6.52. The monoisotopic (exact) mass is 216 g/mol. The molecule has 0 radical (unpaired) electrons. The maximum Gasteiger partial charge on any atom is 0.420 e. The number of hydrazine groups is 1. The van der Waals surface area contributed by atoms with Crippen LogP contribution in [0.3, 0.4) is 0 Å². The summed E-state index contributed by atoms with van der Waals surface area (Å²) in [5.41, 5.74) is 1.56. The molecule has 7 heteroatoms. The van der Waals surface area contributed by atoms with Crippen molar-refractivity contribution in [3.8, 4) is 0 Å². The number of nitrogens with one attached hydrogen (secondary N) is 2. The fourth-order valence-electron chi connectivity index (χ4n) is 0.769. The van der Waals surface area contributed by atoms with Crippen molar-refractivity contribution in [1.29, 1.82) is 0 Å². The predicted molar refractivity (Wildman–Crippen MR) is 47.9 cm³/mol. The third kappa shape index (κ3) is 2.71. The van der Waals surface area contributed by atoms with E-state index in [-0.39, 0.29) is 4.90 Å². The number of rotatable bonds is 3. The van der Waals surface area contributed by atoms with Crippen LogP contribution in [0.15, 0.2) is 35.2 Å².